The molecule has 1 atom stereocenters. The van der Waals surface area contributed by atoms with E-state index in [-0.39, 0.29) is 30.3 Å². The van der Waals surface area contributed by atoms with Gasteiger partial charge in [0.05, 0.1) is 0 Å². The molecule has 16 heavy (non-hydrogen) atoms. The smallest absolute Gasteiger partial charge is 0.315 e. The molecule has 0 aromatic carbocycles. The Hall–Kier alpha value is -1.59. The number of nitrogens with zero attached hydrogens (tertiary/aromatic N) is 1. The molecule has 0 spiro atoms. The third kappa shape index (κ3) is 2.95. The minimum atomic E-state index is -0.596. The standard InChI is InChI=1S/C10H17N3O3/c1-6(2)11-10(16)12-7-4-5-8(14)13(3)9(7)15/h6-7H,4-5H2,1-3H3,(H2,11,12,16). The minimum absolute atomic E-state index is 0.0121. The lowest BCUT2D eigenvalue weighted by Gasteiger charge is -2.28. The summed E-state index contributed by atoms with van der Waals surface area (Å²) < 4.78 is 0. The van der Waals surface area contributed by atoms with Gasteiger partial charge in [-0.1, -0.05) is 0 Å². The van der Waals surface area contributed by atoms with Crippen LogP contribution in [0.3, 0.4) is 0 Å². The molecule has 0 bridgehead atoms. The number of likely N-dealkylation sites (N-methyl/N-ethyl adjacent to an activating group) is 1. The largest absolute Gasteiger partial charge is 0.336 e. The lowest BCUT2D eigenvalue weighted by Crippen LogP contribution is -2.55. The molecule has 2 N–H and O–H groups in total. The molecule has 0 radical (unpaired) electrons. The van der Waals surface area contributed by atoms with Gasteiger partial charge in [0.2, 0.25) is 5.91 Å². The first kappa shape index (κ1) is 12.5. The van der Waals surface area contributed by atoms with Crippen LogP contribution in [0.25, 0.3) is 0 Å². The average molecular weight is 227 g/mol. The number of amides is 4. The SMILES string of the molecule is CC(C)NC(=O)NC1CCC(=O)N(C)C1=O. The Morgan fingerprint density at radius 2 is 2.06 bits per heavy atom. The lowest BCUT2D eigenvalue weighted by molar-refractivity contribution is -0.147. The van der Waals surface area contributed by atoms with Crippen molar-refractivity contribution in [2.75, 3.05) is 7.05 Å². The van der Waals surface area contributed by atoms with Gasteiger partial charge in [0.25, 0.3) is 5.91 Å². The van der Waals surface area contributed by atoms with E-state index in [1.807, 2.05) is 13.8 Å². The van der Waals surface area contributed by atoms with Crippen molar-refractivity contribution in [3.05, 3.63) is 0 Å². The van der Waals surface area contributed by atoms with E-state index < -0.39 is 6.04 Å². The number of likely N-dealkylation sites (tertiary alicyclic amines) is 1. The van der Waals surface area contributed by atoms with Crippen LogP contribution < -0.4 is 10.6 Å². The summed E-state index contributed by atoms with van der Waals surface area (Å²) in [4.78, 5) is 35.2. The van der Waals surface area contributed by atoms with Crippen LogP contribution in [0, 0.1) is 0 Å². The second-order valence-electron chi connectivity index (χ2n) is 4.15. The summed E-state index contributed by atoms with van der Waals surface area (Å²) in [5.41, 5.74) is 0. The van der Waals surface area contributed by atoms with E-state index in [2.05, 4.69) is 10.6 Å². The number of hydrogen-bond acceptors (Lipinski definition) is 3. The second kappa shape index (κ2) is 4.96. The van der Waals surface area contributed by atoms with Gasteiger partial charge in [-0.25, -0.2) is 4.79 Å². The molecule has 1 aliphatic heterocycles. The van der Waals surface area contributed by atoms with Crippen molar-refractivity contribution in [2.24, 2.45) is 0 Å². The number of rotatable bonds is 2. The summed E-state index contributed by atoms with van der Waals surface area (Å²) in [6, 6.07) is -0.962. The Morgan fingerprint density at radius 3 is 2.62 bits per heavy atom. The molecule has 1 heterocycles. The monoisotopic (exact) mass is 227 g/mol. The molecule has 0 aliphatic carbocycles. The number of carbonyl (C=O) groups is 3. The summed E-state index contributed by atoms with van der Waals surface area (Å²) in [5, 5.41) is 5.19. The van der Waals surface area contributed by atoms with Crippen LogP contribution in [-0.2, 0) is 9.59 Å². The van der Waals surface area contributed by atoms with E-state index >= 15 is 0 Å². The van der Waals surface area contributed by atoms with Gasteiger partial charge in [0.1, 0.15) is 6.04 Å². The second-order valence-corrected chi connectivity index (χ2v) is 4.15. The van der Waals surface area contributed by atoms with E-state index in [0.29, 0.717) is 6.42 Å². The van der Waals surface area contributed by atoms with Crippen LogP contribution in [0.1, 0.15) is 26.7 Å². The molecule has 4 amide bonds. The summed E-state index contributed by atoms with van der Waals surface area (Å²) >= 11 is 0. The molecular formula is C10H17N3O3. The maximum atomic E-state index is 11.6. The van der Waals surface area contributed by atoms with Crippen molar-refractivity contribution in [3.63, 3.8) is 0 Å². The van der Waals surface area contributed by atoms with E-state index in [1.165, 1.54) is 7.05 Å². The van der Waals surface area contributed by atoms with Crippen molar-refractivity contribution in [2.45, 2.75) is 38.8 Å². The van der Waals surface area contributed by atoms with Gasteiger partial charge < -0.3 is 10.6 Å². The molecular weight excluding hydrogens is 210 g/mol. The predicted molar refractivity (Wildman–Crippen MR) is 57.6 cm³/mol. The zero-order chi connectivity index (χ0) is 12.3. The first-order valence-corrected chi connectivity index (χ1v) is 5.29. The predicted octanol–water partition coefficient (Wildman–Crippen LogP) is -0.159. The van der Waals surface area contributed by atoms with Crippen molar-refractivity contribution in [1.82, 2.24) is 15.5 Å². The van der Waals surface area contributed by atoms with Crippen LogP contribution in [0.4, 0.5) is 4.79 Å². The number of carbonyl (C=O) groups excluding carboxylic acids is 3. The Bertz CT molecular complexity index is 314. The maximum absolute atomic E-state index is 11.6. The highest BCUT2D eigenvalue weighted by Gasteiger charge is 2.32. The van der Waals surface area contributed by atoms with E-state index in [9.17, 15) is 14.4 Å². The Balaban J connectivity index is 2.52. The van der Waals surface area contributed by atoms with Gasteiger partial charge in [0.15, 0.2) is 0 Å². The Labute approximate surface area is 94.4 Å². The number of imide groups is 1. The Morgan fingerprint density at radius 1 is 1.44 bits per heavy atom. The molecule has 0 saturated carbocycles. The van der Waals surface area contributed by atoms with E-state index in [4.69, 9.17) is 0 Å². The molecule has 6 nitrogen and oxygen atoms in total. The van der Waals surface area contributed by atoms with Gasteiger partial charge in [-0.2, -0.15) is 0 Å². The van der Waals surface area contributed by atoms with Crippen LogP contribution in [-0.4, -0.2) is 41.9 Å². The highest BCUT2D eigenvalue weighted by atomic mass is 16.2. The zero-order valence-corrected chi connectivity index (χ0v) is 9.74. The van der Waals surface area contributed by atoms with E-state index in [0.717, 1.165) is 4.90 Å². The molecule has 1 rings (SSSR count). The zero-order valence-electron chi connectivity index (χ0n) is 9.74. The molecule has 6 heteroatoms. The fourth-order valence-corrected chi connectivity index (χ4v) is 1.51. The van der Waals surface area contributed by atoms with Crippen LogP contribution in [0.15, 0.2) is 0 Å². The highest BCUT2D eigenvalue weighted by molar-refractivity contribution is 6.01. The van der Waals surface area contributed by atoms with Crippen molar-refractivity contribution >= 4 is 17.8 Å². The Kier molecular flexibility index (Phi) is 3.87. The topological polar surface area (TPSA) is 78.5 Å². The fraction of sp³-hybridized carbons (Fsp3) is 0.700. The number of nitrogens with one attached hydrogen (secondary N) is 2. The van der Waals surface area contributed by atoms with Gasteiger partial charge in [-0.05, 0) is 20.3 Å². The molecule has 90 valence electrons. The van der Waals surface area contributed by atoms with Crippen LogP contribution in [0.5, 0.6) is 0 Å². The highest BCUT2D eigenvalue weighted by Crippen LogP contribution is 2.11. The molecule has 1 aliphatic rings. The molecule has 0 aromatic heterocycles. The lowest BCUT2D eigenvalue weighted by atomic mass is 10.1. The summed E-state index contributed by atoms with van der Waals surface area (Å²) in [6.45, 7) is 3.66. The van der Waals surface area contributed by atoms with Crippen molar-refractivity contribution in [3.8, 4) is 0 Å². The third-order valence-electron chi connectivity index (χ3n) is 2.37. The number of hydrogen-bond donors (Lipinski definition) is 2. The van der Waals surface area contributed by atoms with E-state index in [1.54, 1.807) is 0 Å². The fourth-order valence-electron chi connectivity index (χ4n) is 1.51. The molecule has 1 unspecified atom stereocenters. The number of piperidine rings is 1. The van der Waals surface area contributed by atoms with Crippen molar-refractivity contribution in [1.29, 1.82) is 0 Å². The average Bonchev–Trinajstić information content (AvgIpc) is 2.18. The van der Waals surface area contributed by atoms with Crippen molar-refractivity contribution < 1.29 is 14.4 Å². The maximum Gasteiger partial charge on any atom is 0.315 e. The number of urea groups is 1. The van der Waals surface area contributed by atoms with Gasteiger partial charge in [-0.3, -0.25) is 14.5 Å². The van der Waals surface area contributed by atoms with Crippen LogP contribution in [0.2, 0.25) is 0 Å². The summed E-state index contributed by atoms with van der Waals surface area (Å²) in [5.74, 6) is -0.553. The third-order valence-corrected chi connectivity index (χ3v) is 2.37. The minimum Gasteiger partial charge on any atom is -0.336 e. The van der Waals surface area contributed by atoms with Gasteiger partial charge >= 0.3 is 6.03 Å². The quantitative estimate of drug-likeness (QED) is 0.643. The van der Waals surface area contributed by atoms with Gasteiger partial charge in [-0.15, -0.1) is 0 Å². The molecule has 0 aromatic rings. The summed E-state index contributed by atoms with van der Waals surface area (Å²) in [7, 11) is 1.43. The van der Waals surface area contributed by atoms with Crippen LogP contribution >= 0.6 is 0 Å². The molecule has 1 saturated heterocycles. The van der Waals surface area contributed by atoms with Gasteiger partial charge in [0, 0.05) is 19.5 Å². The summed E-state index contributed by atoms with van der Waals surface area (Å²) in [6.07, 6.45) is 0.655. The molecule has 1 fully saturated rings. The first-order valence-electron chi connectivity index (χ1n) is 5.29. The first-order chi connectivity index (χ1) is 7.41. The normalized spacial score (nSPS) is 21.2.